The number of carbonyl (C=O) groups excluding carboxylic acids is 2. The van der Waals surface area contributed by atoms with Gasteiger partial charge in [-0.05, 0) is 37.0 Å². The van der Waals surface area contributed by atoms with Gasteiger partial charge < -0.3 is 24.4 Å². The minimum atomic E-state index is -3.08. The minimum absolute atomic E-state index is 0.0866. The summed E-state index contributed by atoms with van der Waals surface area (Å²) >= 11 is 6.00. The van der Waals surface area contributed by atoms with Crippen LogP contribution in [0.3, 0.4) is 0 Å². The summed E-state index contributed by atoms with van der Waals surface area (Å²) in [6, 6.07) is 5.61. The van der Waals surface area contributed by atoms with Gasteiger partial charge in [-0.1, -0.05) is 25.4 Å². The first-order valence-corrected chi connectivity index (χ1v) is 13.7. The topological polar surface area (TPSA) is 98.2 Å². The van der Waals surface area contributed by atoms with Crippen molar-refractivity contribution in [3.8, 4) is 5.75 Å². The average molecular weight is 584 g/mol. The summed E-state index contributed by atoms with van der Waals surface area (Å²) in [5.74, 6) is -0.834. The Kier molecular flexibility index (Phi) is 9.99. The van der Waals surface area contributed by atoms with Crippen LogP contribution in [0.2, 0.25) is 5.02 Å². The number of aromatic nitrogens is 2. The van der Waals surface area contributed by atoms with Gasteiger partial charge in [-0.25, -0.2) is 0 Å². The maximum atomic E-state index is 14.1. The first-order chi connectivity index (χ1) is 19.1. The normalized spacial score (nSPS) is 19.0. The van der Waals surface area contributed by atoms with Crippen molar-refractivity contribution in [3.05, 3.63) is 41.2 Å². The molecule has 2 fully saturated rings. The van der Waals surface area contributed by atoms with Crippen LogP contribution in [0.15, 0.2) is 30.5 Å². The third-order valence-corrected chi connectivity index (χ3v) is 7.81. The number of morpholine rings is 1. The molecule has 13 heteroatoms. The highest BCUT2D eigenvalue weighted by atomic mass is 35.5. The minimum Gasteiger partial charge on any atom is -0.468 e. The van der Waals surface area contributed by atoms with Crippen LogP contribution in [-0.4, -0.2) is 97.2 Å². The Morgan fingerprint density at radius 2 is 1.85 bits per heavy atom. The van der Waals surface area contributed by atoms with Crippen molar-refractivity contribution in [2.24, 2.45) is 0 Å². The number of methoxy groups -OCH3 is 1. The van der Waals surface area contributed by atoms with Gasteiger partial charge in [0.25, 0.3) is 5.91 Å². The zero-order chi connectivity index (χ0) is 28.9. The van der Waals surface area contributed by atoms with Gasteiger partial charge in [0.2, 0.25) is 0 Å². The summed E-state index contributed by atoms with van der Waals surface area (Å²) in [4.78, 5) is 30.9. The molecule has 2 aromatic rings. The van der Waals surface area contributed by atoms with Crippen molar-refractivity contribution in [1.29, 1.82) is 0 Å². The number of carbonyl (C=O) groups is 2. The Bertz CT molecular complexity index is 1170. The van der Waals surface area contributed by atoms with Gasteiger partial charge in [-0.3, -0.25) is 19.2 Å². The number of anilines is 1. The number of benzene rings is 1. The smallest absolute Gasteiger partial charge is 0.387 e. The summed E-state index contributed by atoms with van der Waals surface area (Å²) < 4.78 is 43.1. The van der Waals surface area contributed by atoms with Gasteiger partial charge >= 0.3 is 12.6 Å². The second-order valence-electron chi connectivity index (χ2n) is 10.3. The Morgan fingerprint density at radius 3 is 2.48 bits per heavy atom. The molecule has 1 aromatic carbocycles. The van der Waals surface area contributed by atoms with E-state index in [1.165, 1.54) is 25.3 Å². The van der Waals surface area contributed by atoms with Gasteiger partial charge in [0.1, 0.15) is 11.6 Å². The van der Waals surface area contributed by atoms with Gasteiger partial charge in [0, 0.05) is 55.7 Å². The van der Waals surface area contributed by atoms with Crippen LogP contribution in [0.25, 0.3) is 0 Å². The number of nitrogens with zero attached hydrogens (tertiary/aromatic N) is 4. The number of hydrogen-bond acceptors (Lipinski definition) is 8. The Hall–Kier alpha value is -2.80. The lowest BCUT2D eigenvalue weighted by Gasteiger charge is -2.43. The monoisotopic (exact) mass is 583 g/mol. The molecule has 1 aromatic heterocycles. The van der Waals surface area contributed by atoms with E-state index in [0.29, 0.717) is 58.8 Å². The number of nitrogens with one attached hydrogen (secondary N) is 1. The van der Waals surface area contributed by atoms with E-state index in [2.05, 4.69) is 25.0 Å². The second kappa shape index (κ2) is 13.2. The summed E-state index contributed by atoms with van der Waals surface area (Å²) in [7, 11) is 1.38. The zero-order valence-corrected chi connectivity index (χ0v) is 23.7. The fourth-order valence-electron chi connectivity index (χ4n) is 5.39. The molecule has 2 aliphatic heterocycles. The molecule has 0 saturated carbocycles. The molecule has 2 saturated heterocycles. The van der Waals surface area contributed by atoms with Crippen LogP contribution in [0.1, 0.15) is 38.3 Å². The van der Waals surface area contributed by atoms with E-state index in [1.807, 2.05) is 19.9 Å². The predicted molar refractivity (Wildman–Crippen MR) is 145 cm³/mol. The lowest BCUT2D eigenvalue weighted by molar-refractivity contribution is -0.150. The van der Waals surface area contributed by atoms with Crippen LogP contribution in [0.5, 0.6) is 5.75 Å². The highest BCUT2D eigenvalue weighted by Crippen LogP contribution is 2.37. The number of likely N-dealkylation sites (tertiary alicyclic amines) is 1. The highest BCUT2D eigenvalue weighted by Gasteiger charge is 2.46. The Labute approximate surface area is 237 Å². The number of hydrogen-bond donors (Lipinski definition) is 1. The molecule has 0 radical (unpaired) electrons. The number of amides is 1. The standard InChI is InChI=1S/C27H36ClF2N5O5/c1-18(2)21-6-9-31-35(21)27(25(37)32-20-5-4-19(28)16-23(20)40-26(29)30)7-10-33(11-8-27)17-22(24(36)38-3)34-12-14-39-15-13-34/h4-6,9,16,18,22,26H,7-8,10-15,17H2,1-3H3,(H,32,37). The molecule has 1 amide bonds. The molecule has 4 rings (SSSR count). The molecule has 2 aliphatic rings. The molecule has 0 aliphatic carbocycles. The number of piperidine rings is 1. The molecule has 10 nitrogen and oxygen atoms in total. The number of rotatable bonds is 10. The summed E-state index contributed by atoms with van der Waals surface area (Å²) in [5, 5.41) is 7.56. The number of alkyl halides is 2. The van der Waals surface area contributed by atoms with Crippen LogP contribution in [0, 0.1) is 0 Å². The maximum absolute atomic E-state index is 14.1. The van der Waals surface area contributed by atoms with Crippen molar-refractivity contribution >= 4 is 29.2 Å². The highest BCUT2D eigenvalue weighted by molar-refractivity contribution is 6.30. The van der Waals surface area contributed by atoms with E-state index in [1.54, 1.807) is 10.9 Å². The van der Waals surface area contributed by atoms with Crippen molar-refractivity contribution in [2.75, 3.05) is 58.4 Å². The van der Waals surface area contributed by atoms with Crippen molar-refractivity contribution in [2.45, 2.75) is 50.8 Å². The van der Waals surface area contributed by atoms with Crippen LogP contribution in [0.4, 0.5) is 14.5 Å². The molecule has 1 N–H and O–H groups in total. The lowest BCUT2D eigenvalue weighted by atomic mass is 9.85. The molecule has 1 unspecified atom stereocenters. The second-order valence-corrected chi connectivity index (χ2v) is 10.8. The van der Waals surface area contributed by atoms with Crippen LogP contribution >= 0.6 is 11.6 Å². The quantitative estimate of drug-likeness (QED) is 0.424. The summed E-state index contributed by atoms with van der Waals surface area (Å²) in [6.07, 6.45) is 2.43. The van der Waals surface area contributed by atoms with E-state index < -0.39 is 24.1 Å². The number of ether oxygens (including phenoxy) is 3. The van der Waals surface area contributed by atoms with E-state index in [9.17, 15) is 18.4 Å². The van der Waals surface area contributed by atoms with E-state index in [0.717, 1.165) is 5.69 Å². The Morgan fingerprint density at radius 1 is 1.15 bits per heavy atom. The fourth-order valence-corrected chi connectivity index (χ4v) is 5.55. The third kappa shape index (κ3) is 6.73. The van der Waals surface area contributed by atoms with E-state index in [-0.39, 0.29) is 28.3 Å². The molecule has 220 valence electrons. The summed E-state index contributed by atoms with van der Waals surface area (Å²) in [6.45, 7) is 4.78. The predicted octanol–water partition coefficient (Wildman–Crippen LogP) is 3.56. The number of halogens is 3. The molecular weight excluding hydrogens is 548 g/mol. The first kappa shape index (κ1) is 30.2. The SMILES string of the molecule is COC(=O)C(CN1CCC(C(=O)Nc2ccc(Cl)cc2OC(F)F)(n2nccc2C(C)C)CC1)N1CCOCC1. The molecule has 0 bridgehead atoms. The molecule has 0 spiro atoms. The van der Waals surface area contributed by atoms with Crippen LogP contribution in [-0.2, 0) is 24.6 Å². The van der Waals surface area contributed by atoms with E-state index in [4.69, 9.17) is 21.1 Å². The zero-order valence-electron chi connectivity index (χ0n) is 22.9. The van der Waals surface area contributed by atoms with Crippen LogP contribution < -0.4 is 10.1 Å². The first-order valence-electron chi connectivity index (χ1n) is 13.4. The number of esters is 1. The molecular formula is C27H36ClF2N5O5. The lowest BCUT2D eigenvalue weighted by Crippen LogP contribution is -2.58. The van der Waals surface area contributed by atoms with Gasteiger partial charge in [-0.15, -0.1) is 0 Å². The fraction of sp³-hybridized carbons (Fsp3) is 0.593. The molecule has 40 heavy (non-hydrogen) atoms. The molecule has 1 atom stereocenters. The Balaban J connectivity index is 1.59. The van der Waals surface area contributed by atoms with Crippen molar-refractivity contribution in [3.63, 3.8) is 0 Å². The molecule has 3 heterocycles. The van der Waals surface area contributed by atoms with Gasteiger partial charge in [0.05, 0.1) is 26.0 Å². The van der Waals surface area contributed by atoms with Gasteiger partial charge in [-0.2, -0.15) is 13.9 Å². The van der Waals surface area contributed by atoms with E-state index >= 15 is 0 Å². The van der Waals surface area contributed by atoms with Crippen molar-refractivity contribution < 1.29 is 32.6 Å². The third-order valence-electron chi connectivity index (χ3n) is 7.57. The average Bonchev–Trinajstić information content (AvgIpc) is 3.44. The maximum Gasteiger partial charge on any atom is 0.387 e. The van der Waals surface area contributed by atoms with Gasteiger partial charge in [0.15, 0.2) is 5.75 Å². The largest absolute Gasteiger partial charge is 0.468 e. The van der Waals surface area contributed by atoms with Crippen molar-refractivity contribution in [1.82, 2.24) is 19.6 Å². The summed E-state index contributed by atoms with van der Waals surface area (Å²) in [5.41, 5.74) is -0.126.